The molecule has 0 aromatic carbocycles. The van der Waals surface area contributed by atoms with Crippen molar-refractivity contribution in [1.29, 1.82) is 0 Å². The van der Waals surface area contributed by atoms with Crippen LogP contribution in [0.15, 0.2) is 0 Å². The van der Waals surface area contributed by atoms with Gasteiger partial charge in [-0.05, 0) is 38.5 Å². The SMILES string of the molecule is O=C(COCC(=O)N1CCCCC1)N1CCCCC1. The molecule has 0 atom stereocenters. The topological polar surface area (TPSA) is 49.9 Å². The lowest BCUT2D eigenvalue weighted by Gasteiger charge is -2.28. The van der Waals surface area contributed by atoms with Crippen LogP contribution in [0, 0.1) is 0 Å². The summed E-state index contributed by atoms with van der Waals surface area (Å²) >= 11 is 0. The fourth-order valence-corrected chi connectivity index (χ4v) is 2.69. The van der Waals surface area contributed by atoms with Gasteiger partial charge in [-0.3, -0.25) is 9.59 Å². The smallest absolute Gasteiger partial charge is 0.248 e. The van der Waals surface area contributed by atoms with Crippen LogP contribution in [0.4, 0.5) is 0 Å². The molecule has 2 aliphatic rings. The lowest BCUT2D eigenvalue weighted by atomic mass is 10.1. The number of hydrogen-bond donors (Lipinski definition) is 0. The number of carbonyl (C=O) groups excluding carboxylic acids is 2. The molecule has 5 nitrogen and oxygen atoms in total. The Balaban J connectivity index is 1.62. The van der Waals surface area contributed by atoms with E-state index in [0.717, 1.165) is 51.9 Å². The standard InChI is InChI=1S/C14H24N2O3/c17-13(15-7-3-1-4-8-15)11-19-12-14(18)16-9-5-2-6-10-16/h1-12H2. The van der Waals surface area contributed by atoms with Gasteiger partial charge in [0.2, 0.25) is 11.8 Å². The molecule has 0 bridgehead atoms. The summed E-state index contributed by atoms with van der Waals surface area (Å²) < 4.78 is 5.28. The normalized spacial score (nSPS) is 20.4. The van der Waals surface area contributed by atoms with E-state index in [1.807, 2.05) is 9.80 Å². The molecular formula is C14H24N2O3. The molecule has 2 saturated heterocycles. The third-order valence-electron chi connectivity index (χ3n) is 3.87. The van der Waals surface area contributed by atoms with E-state index in [1.54, 1.807) is 0 Å². The minimum atomic E-state index is 0.0196. The second-order valence-corrected chi connectivity index (χ2v) is 5.38. The van der Waals surface area contributed by atoms with E-state index in [0.29, 0.717) is 0 Å². The number of hydrogen-bond acceptors (Lipinski definition) is 3. The van der Waals surface area contributed by atoms with E-state index in [4.69, 9.17) is 4.74 Å². The third-order valence-corrected chi connectivity index (χ3v) is 3.87. The molecule has 0 unspecified atom stereocenters. The molecular weight excluding hydrogens is 244 g/mol. The zero-order chi connectivity index (χ0) is 13.5. The molecule has 0 aromatic heterocycles. The van der Waals surface area contributed by atoms with E-state index in [-0.39, 0.29) is 25.0 Å². The van der Waals surface area contributed by atoms with Crippen LogP contribution >= 0.6 is 0 Å². The lowest BCUT2D eigenvalue weighted by molar-refractivity contribution is -0.143. The molecule has 0 saturated carbocycles. The van der Waals surface area contributed by atoms with Crippen molar-refractivity contribution in [2.45, 2.75) is 38.5 Å². The van der Waals surface area contributed by atoms with Crippen molar-refractivity contribution < 1.29 is 14.3 Å². The summed E-state index contributed by atoms with van der Waals surface area (Å²) in [5, 5.41) is 0. The molecule has 0 radical (unpaired) electrons. The lowest BCUT2D eigenvalue weighted by Crippen LogP contribution is -2.40. The second kappa shape index (κ2) is 7.48. The van der Waals surface area contributed by atoms with Crippen LogP contribution in [-0.4, -0.2) is 61.0 Å². The van der Waals surface area contributed by atoms with Crippen molar-refractivity contribution in [1.82, 2.24) is 9.80 Å². The summed E-state index contributed by atoms with van der Waals surface area (Å²) in [6.45, 7) is 3.42. The van der Waals surface area contributed by atoms with Gasteiger partial charge in [-0.1, -0.05) is 0 Å². The third kappa shape index (κ3) is 4.49. The molecule has 0 spiro atoms. The van der Waals surface area contributed by atoms with Crippen molar-refractivity contribution in [2.75, 3.05) is 39.4 Å². The Kier molecular flexibility index (Phi) is 5.63. The molecule has 0 aliphatic carbocycles. The highest BCUT2D eigenvalue weighted by Gasteiger charge is 2.19. The fourth-order valence-electron chi connectivity index (χ4n) is 2.69. The van der Waals surface area contributed by atoms with Crippen LogP contribution in [0.1, 0.15) is 38.5 Å². The number of carbonyl (C=O) groups is 2. The van der Waals surface area contributed by atoms with E-state index in [1.165, 1.54) is 12.8 Å². The molecule has 0 N–H and O–H groups in total. The summed E-state index contributed by atoms with van der Waals surface area (Å²) in [6, 6.07) is 0. The van der Waals surface area contributed by atoms with Gasteiger partial charge in [0, 0.05) is 26.2 Å². The Labute approximate surface area is 114 Å². The maximum absolute atomic E-state index is 11.8. The maximum Gasteiger partial charge on any atom is 0.248 e. The van der Waals surface area contributed by atoms with Gasteiger partial charge >= 0.3 is 0 Å². The van der Waals surface area contributed by atoms with Crippen molar-refractivity contribution in [3.8, 4) is 0 Å². The van der Waals surface area contributed by atoms with Gasteiger partial charge in [0.15, 0.2) is 0 Å². The largest absolute Gasteiger partial charge is 0.362 e. The summed E-state index contributed by atoms with van der Waals surface area (Å²) in [4.78, 5) is 27.3. The molecule has 108 valence electrons. The fraction of sp³-hybridized carbons (Fsp3) is 0.857. The quantitative estimate of drug-likeness (QED) is 0.765. The molecule has 2 rings (SSSR count). The van der Waals surface area contributed by atoms with Crippen molar-refractivity contribution >= 4 is 11.8 Å². The van der Waals surface area contributed by atoms with Crippen LogP contribution in [0.5, 0.6) is 0 Å². The molecule has 5 heteroatoms. The Morgan fingerprint density at radius 3 is 1.42 bits per heavy atom. The molecule has 19 heavy (non-hydrogen) atoms. The minimum absolute atomic E-state index is 0.0196. The first-order valence-corrected chi connectivity index (χ1v) is 7.40. The average Bonchev–Trinajstić information content (AvgIpc) is 2.49. The summed E-state index contributed by atoms with van der Waals surface area (Å²) in [5.41, 5.74) is 0. The Hall–Kier alpha value is -1.10. The summed E-state index contributed by atoms with van der Waals surface area (Å²) in [6.07, 6.45) is 6.74. The number of nitrogens with zero attached hydrogens (tertiary/aromatic N) is 2. The molecule has 2 heterocycles. The van der Waals surface area contributed by atoms with E-state index in [9.17, 15) is 9.59 Å². The highest BCUT2D eigenvalue weighted by Crippen LogP contribution is 2.10. The zero-order valence-electron chi connectivity index (χ0n) is 11.6. The number of piperidine rings is 2. The van der Waals surface area contributed by atoms with Crippen LogP contribution in [0.3, 0.4) is 0 Å². The Morgan fingerprint density at radius 1 is 0.684 bits per heavy atom. The zero-order valence-corrected chi connectivity index (χ0v) is 11.6. The van der Waals surface area contributed by atoms with Gasteiger partial charge in [-0.15, -0.1) is 0 Å². The molecule has 0 aromatic rings. The van der Waals surface area contributed by atoms with E-state index in [2.05, 4.69) is 0 Å². The number of likely N-dealkylation sites (tertiary alicyclic amines) is 2. The average molecular weight is 268 g/mol. The van der Waals surface area contributed by atoms with E-state index < -0.39 is 0 Å². The maximum atomic E-state index is 11.8. The van der Waals surface area contributed by atoms with Crippen LogP contribution < -0.4 is 0 Å². The first kappa shape index (κ1) is 14.3. The predicted molar refractivity (Wildman–Crippen MR) is 71.7 cm³/mol. The second-order valence-electron chi connectivity index (χ2n) is 5.38. The number of rotatable bonds is 4. The predicted octanol–water partition coefficient (Wildman–Crippen LogP) is 1.03. The van der Waals surface area contributed by atoms with Crippen molar-refractivity contribution in [3.63, 3.8) is 0 Å². The minimum Gasteiger partial charge on any atom is -0.362 e. The summed E-state index contributed by atoms with van der Waals surface area (Å²) in [7, 11) is 0. The van der Waals surface area contributed by atoms with Gasteiger partial charge in [0.1, 0.15) is 13.2 Å². The van der Waals surface area contributed by atoms with Gasteiger partial charge in [-0.2, -0.15) is 0 Å². The van der Waals surface area contributed by atoms with Crippen LogP contribution in [0.25, 0.3) is 0 Å². The monoisotopic (exact) mass is 268 g/mol. The van der Waals surface area contributed by atoms with Crippen molar-refractivity contribution in [2.24, 2.45) is 0 Å². The Bertz CT molecular complexity index is 278. The first-order valence-electron chi connectivity index (χ1n) is 7.40. The number of amides is 2. The highest BCUT2D eigenvalue weighted by atomic mass is 16.5. The van der Waals surface area contributed by atoms with Crippen molar-refractivity contribution in [3.05, 3.63) is 0 Å². The number of ether oxygens (including phenoxy) is 1. The van der Waals surface area contributed by atoms with Gasteiger partial charge in [0.05, 0.1) is 0 Å². The van der Waals surface area contributed by atoms with Crippen LogP contribution in [-0.2, 0) is 14.3 Å². The molecule has 2 amide bonds. The molecule has 2 fully saturated rings. The summed E-state index contributed by atoms with van der Waals surface area (Å²) in [5.74, 6) is 0.0392. The first-order chi connectivity index (χ1) is 9.27. The molecule has 2 aliphatic heterocycles. The van der Waals surface area contributed by atoms with Gasteiger partial charge in [-0.25, -0.2) is 0 Å². The van der Waals surface area contributed by atoms with Crippen LogP contribution in [0.2, 0.25) is 0 Å². The highest BCUT2D eigenvalue weighted by molar-refractivity contribution is 5.79. The van der Waals surface area contributed by atoms with Gasteiger partial charge in [0.25, 0.3) is 0 Å². The van der Waals surface area contributed by atoms with E-state index >= 15 is 0 Å². The Morgan fingerprint density at radius 2 is 1.05 bits per heavy atom. The van der Waals surface area contributed by atoms with Gasteiger partial charge < -0.3 is 14.5 Å².